The fourth-order valence-electron chi connectivity index (χ4n) is 3.04. The molecule has 1 saturated heterocycles. The third kappa shape index (κ3) is 7.58. The zero-order valence-electron chi connectivity index (χ0n) is 16.4. The fraction of sp³-hybridized carbons (Fsp3) is 0.632. The van der Waals surface area contributed by atoms with Crippen molar-refractivity contribution in [2.75, 3.05) is 26.2 Å². The molecule has 0 saturated carbocycles. The predicted octanol–water partition coefficient (Wildman–Crippen LogP) is 3.81. The minimum Gasteiger partial charge on any atom is -0.373 e. The Morgan fingerprint density at radius 1 is 1.35 bits per heavy atom. The SMILES string of the molecule is CC(C)(C)NC(N)=NCC(c1ccc(Cl)cc1)N1CCOC(C)(C)C1.I. The second-order valence-electron chi connectivity index (χ2n) is 8.25. The molecule has 5 nitrogen and oxygen atoms in total. The second kappa shape index (κ2) is 9.57. The molecular formula is C19H32ClIN4O. The summed E-state index contributed by atoms with van der Waals surface area (Å²) < 4.78 is 5.86. The molecule has 26 heavy (non-hydrogen) atoms. The fourth-order valence-corrected chi connectivity index (χ4v) is 3.17. The van der Waals surface area contributed by atoms with Crippen LogP contribution in [-0.2, 0) is 4.74 Å². The van der Waals surface area contributed by atoms with Gasteiger partial charge in [0.25, 0.3) is 0 Å². The average Bonchev–Trinajstić information content (AvgIpc) is 2.46. The third-order valence-electron chi connectivity index (χ3n) is 4.09. The second-order valence-corrected chi connectivity index (χ2v) is 8.68. The number of hydrogen-bond acceptors (Lipinski definition) is 3. The van der Waals surface area contributed by atoms with E-state index in [2.05, 4.69) is 62.0 Å². The molecule has 7 heteroatoms. The van der Waals surface area contributed by atoms with E-state index in [1.807, 2.05) is 12.1 Å². The molecule has 1 fully saturated rings. The van der Waals surface area contributed by atoms with E-state index < -0.39 is 0 Å². The van der Waals surface area contributed by atoms with Gasteiger partial charge in [0.05, 0.1) is 24.8 Å². The van der Waals surface area contributed by atoms with Crippen LogP contribution in [0.3, 0.4) is 0 Å². The molecule has 2 rings (SSSR count). The highest BCUT2D eigenvalue weighted by molar-refractivity contribution is 14.0. The molecule has 0 aromatic heterocycles. The van der Waals surface area contributed by atoms with E-state index in [4.69, 9.17) is 22.1 Å². The van der Waals surface area contributed by atoms with Gasteiger partial charge >= 0.3 is 0 Å². The minimum absolute atomic E-state index is 0. The molecule has 3 N–H and O–H groups in total. The number of nitrogens with two attached hydrogens (primary N) is 1. The van der Waals surface area contributed by atoms with E-state index >= 15 is 0 Å². The van der Waals surface area contributed by atoms with Crippen LogP contribution in [0.2, 0.25) is 5.02 Å². The summed E-state index contributed by atoms with van der Waals surface area (Å²) in [5, 5.41) is 3.96. The number of nitrogens with one attached hydrogen (secondary N) is 1. The zero-order chi connectivity index (χ0) is 18.7. The van der Waals surface area contributed by atoms with Gasteiger partial charge in [-0.15, -0.1) is 24.0 Å². The van der Waals surface area contributed by atoms with Crippen molar-refractivity contribution >= 4 is 41.5 Å². The predicted molar refractivity (Wildman–Crippen MR) is 121 cm³/mol. The molecule has 1 aliphatic heterocycles. The Balaban J connectivity index is 0.00000338. The Kier molecular flexibility index (Phi) is 8.64. The van der Waals surface area contributed by atoms with Crippen LogP contribution >= 0.6 is 35.6 Å². The summed E-state index contributed by atoms with van der Waals surface area (Å²) in [6.45, 7) is 13.5. The van der Waals surface area contributed by atoms with Gasteiger partial charge in [0, 0.05) is 23.7 Å². The maximum atomic E-state index is 6.07. The van der Waals surface area contributed by atoms with Crippen LogP contribution in [-0.4, -0.2) is 48.2 Å². The van der Waals surface area contributed by atoms with E-state index in [0.717, 1.165) is 24.7 Å². The summed E-state index contributed by atoms with van der Waals surface area (Å²) in [7, 11) is 0. The summed E-state index contributed by atoms with van der Waals surface area (Å²) in [5.41, 5.74) is 6.99. The quantitative estimate of drug-likeness (QED) is 0.380. The monoisotopic (exact) mass is 494 g/mol. The number of ether oxygens (including phenoxy) is 1. The number of aliphatic imine (C=N–C) groups is 1. The summed E-state index contributed by atoms with van der Waals surface area (Å²) in [6, 6.07) is 8.13. The van der Waals surface area contributed by atoms with Crippen molar-refractivity contribution in [1.82, 2.24) is 10.2 Å². The lowest BCUT2D eigenvalue weighted by molar-refractivity contribution is -0.0967. The maximum Gasteiger partial charge on any atom is 0.189 e. The van der Waals surface area contributed by atoms with Gasteiger partial charge in [-0.1, -0.05) is 23.7 Å². The first-order chi connectivity index (χ1) is 11.6. The first-order valence-corrected chi connectivity index (χ1v) is 9.15. The highest BCUT2D eigenvalue weighted by Gasteiger charge is 2.32. The van der Waals surface area contributed by atoms with Crippen molar-refractivity contribution in [3.8, 4) is 0 Å². The summed E-state index contributed by atoms with van der Waals surface area (Å²) in [5.74, 6) is 0.471. The highest BCUT2D eigenvalue weighted by atomic mass is 127. The first kappa shape index (κ1) is 23.5. The Morgan fingerprint density at radius 3 is 2.50 bits per heavy atom. The van der Waals surface area contributed by atoms with Crippen LogP contribution in [0.1, 0.15) is 46.2 Å². The van der Waals surface area contributed by atoms with Crippen LogP contribution < -0.4 is 11.1 Å². The molecular weight excluding hydrogens is 463 g/mol. The Bertz CT molecular complexity index is 599. The largest absolute Gasteiger partial charge is 0.373 e. The Morgan fingerprint density at radius 2 is 1.96 bits per heavy atom. The molecule has 0 aliphatic carbocycles. The van der Waals surface area contributed by atoms with Crippen LogP contribution in [0.15, 0.2) is 29.3 Å². The van der Waals surface area contributed by atoms with Gasteiger partial charge in [-0.05, 0) is 52.3 Å². The lowest BCUT2D eigenvalue weighted by Gasteiger charge is -2.42. The van der Waals surface area contributed by atoms with E-state index in [0.29, 0.717) is 12.5 Å². The minimum atomic E-state index is -0.165. The number of rotatable bonds is 4. The molecule has 1 aromatic rings. The number of morpholine rings is 1. The molecule has 0 amide bonds. The van der Waals surface area contributed by atoms with Crippen molar-refractivity contribution in [1.29, 1.82) is 0 Å². The van der Waals surface area contributed by atoms with E-state index in [9.17, 15) is 0 Å². The van der Waals surface area contributed by atoms with Crippen LogP contribution in [0.5, 0.6) is 0 Å². The molecule has 0 bridgehead atoms. The van der Waals surface area contributed by atoms with Crippen LogP contribution in [0.25, 0.3) is 0 Å². The topological polar surface area (TPSA) is 62.9 Å². The van der Waals surface area contributed by atoms with Gasteiger partial charge in [0.1, 0.15) is 0 Å². The normalized spacial score (nSPS) is 19.5. The number of nitrogens with zero attached hydrogens (tertiary/aromatic N) is 2. The van der Waals surface area contributed by atoms with E-state index in [1.165, 1.54) is 5.56 Å². The number of halogens is 2. The van der Waals surface area contributed by atoms with Crippen molar-refractivity contribution in [3.05, 3.63) is 34.9 Å². The zero-order valence-corrected chi connectivity index (χ0v) is 19.5. The van der Waals surface area contributed by atoms with Gasteiger partial charge in [-0.25, -0.2) is 0 Å². The molecule has 0 spiro atoms. The van der Waals surface area contributed by atoms with Crippen molar-refractivity contribution < 1.29 is 4.74 Å². The Hall–Kier alpha value is -0.570. The number of benzene rings is 1. The van der Waals surface area contributed by atoms with Crippen molar-refractivity contribution in [3.63, 3.8) is 0 Å². The van der Waals surface area contributed by atoms with Gasteiger partial charge < -0.3 is 15.8 Å². The third-order valence-corrected chi connectivity index (χ3v) is 4.34. The number of guanidine groups is 1. The lowest BCUT2D eigenvalue weighted by Crippen LogP contribution is -2.50. The first-order valence-electron chi connectivity index (χ1n) is 8.77. The van der Waals surface area contributed by atoms with Gasteiger partial charge in [-0.2, -0.15) is 0 Å². The van der Waals surface area contributed by atoms with E-state index in [-0.39, 0.29) is 41.2 Å². The Labute approximate surface area is 179 Å². The van der Waals surface area contributed by atoms with Crippen LogP contribution in [0.4, 0.5) is 0 Å². The van der Waals surface area contributed by atoms with E-state index in [1.54, 1.807) is 0 Å². The van der Waals surface area contributed by atoms with Gasteiger partial charge in [0.2, 0.25) is 0 Å². The summed E-state index contributed by atoms with van der Waals surface area (Å²) in [4.78, 5) is 7.02. The van der Waals surface area contributed by atoms with Crippen LogP contribution in [0, 0.1) is 0 Å². The average molecular weight is 495 g/mol. The molecule has 1 atom stereocenters. The molecule has 1 heterocycles. The highest BCUT2D eigenvalue weighted by Crippen LogP contribution is 2.28. The smallest absolute Gasteiger partial charge is 0.189 e. The van der Waals surface area contributed by atoms with Crippen molar-refractivity contribution in [2.24, 2.45) is 10.7 Å². The molecule has 148 valence electrons. The summed E-state index contributed by atoms with van der Waals surface area (Å²) in [6.07, 6.45) is 0. The molecule has 1 aliphatic rings. The molecule has 1 aromatic carbocycles. The number of hydrogen-bond donors (Lipinski definition) is 2. The van der Waals surface area contributed by atoms with Gasteiger partial charge in [-0.3, -0.25) is 9.89 Å². The molecule has 0 radical (unpaired) electrons. The lowest BCUT2D eigenvalue weighted by atomic mass is 10.0. The maximum absolute atomic E-state index is 6.07. The molecule has 1 unspecified atom stereocenters. The summed E-state index contributed by atoms with van der Waals surface area (Å²) >= 11 is 6.06. The van der Waals surface area contributed by atoms with Gasteiger partial charge in [0.15, 0.2) is 5.96 Å². The standard InChI is InChI=1S/C19H31ClN4O.HI/c1-18(2,3)23-17(21)22-12-16(14-6-8-15(20)9-7-14)24-10-11-25-19(4,5)13-24;/h6-9,16H,10-13H2,1-5H3,(H3,21,22,23);1H. The van der Waals surface area contributed by atoms with Crippen molar-refractivity contribution in [2.45, 2.75) is 51.8 Å².